The number of rotatable bonds is 4. The van der Waals surface area contributed by atoms with E-state index >= 15 is 0 Å². The Bertz CT molecular complexity index is 396. The Kier molecular flexibility index (Phi) is 5.08. The lowest BCUT2D eigenvalue weighted by Crippen LogP contribution is -2.50. The molecule has 0 aromatic carbocycles. The van der Waals surface area contributed by atoms with Crippen molar-refractivity contribution in [1.29, 1.82) is 0 Å². The predicted octanol–water partition coefficient (Wildman–Crippen LogP) is 1.09. The first-order chi connectivity index (χ1) is 9.99. The smallest absolute Gasteiger partial charge is 0.236 e. The number of nitrogens with two attached hydrogens (primary N) is 1. The molecule has 0 aromatic heterocycles. The van der Waals surface area contributed by atoms with E-state index in [-0.39, 0.29) is 11.7 Å². The van der Waals surface area contributed by atoms with Crippen LogP contribution in [-0.4, -0.2) is 60.5 Å². The molecule has 0 radical (unpaired) electrons. The Balaban J connectivity index is 2.00. The summed E-state index contributed by atoms with van der Waals surface area (Å²) in [7, 11) is 3.99. The fraction of sp³-hybridized carbons (Fsp3) is 0.867. The van der Waals surface area contributed by atoms with Crippen molar-refractivity contribution in [3.63, 3.8) is 0 Å². The molecular formula is C15H28N4O2. The van der Waals surface area contributed by atoms with Gasteiger partial charge in [0.15, 0.2) is 5.84 Å². The summed E-state index contributed by atoms with van der Waals surface area (Å²) in [5.74, 6) is 0.662. The van der Waals surface area contributed by atoms with Crippen LogP contribution in [-0.2, 0) is 4.79 Å². The average molecular weight is 296 g/mol. The van der Waals surface area contributed by atoms with Gasteiger partial charge in [0.2, 0.25) is 5.91 Å². The second-order valence-electron chi connectivity index (χ2n) is 6.71. The van der Waals surface area contributed by atoms with Gasteiger partial charge in [-0.25, -0.2) is 0 Å². The van der Waals surface area contributed by atoms with E-state index in [4.69, 9.17) is 10.9 Å². The van der Waals surface area contributed by atoms with Crippen LogP contribution in [0.5, 0.6) is 0 Å². The van der Waals surface area contributed by atoms with Crippen molar-refractivity contribution in [2.45, 2.75) is 38.5 Å². The number of carbonyl (C=O) groups is 1. The van der Waals surface area contributed by atoms with Crippen molar-refractivity contribution in [2.24, 2.45) is 22.2 Å². The largest absolute Gasteiger partial charge is 0.409 e. The van der Waals surface area contributed by atoms with Gasteiger partial charge in [0.1, 0.15) is 5.41 Å². The van der Waals surface area contributed by atoms with Crippen molar-refractivity contribution in [3.05, 3.63) is 0 Å². The molecule has 6 nitrogen and oxygen atoms in total. The minimum absolute atomic E-state index is 0.0224. The third kappa shape index (κ3) is 3.31. The Morgan fingerprint density at radius 3 is 2.48 bits per heavy atom. The van der Waals surface area contributed by atoms with Crippen LogP contribution in [0.3, 0.4) is 0 Å². The summed E-state index contributed by atoms with van der Waals surface area (Å²) in [5.41, 5.74) is 5.08. The van der Waals surface area contributed by atoms with E-state index < -0.39 is 5.41 Å². The van der Waals surface area contributed by atoms with Gasteiger partial charge in [-0.15, -0.1) is 0 Å². The summed E-state index contributed by atoms with van der Waals surface area (Å²) in [4.78, 5) is 17.0. The lowest BCUT2D eigenvalue weighted by atomic mass is 9.83. The van der Waals surface area contributed by atoms with Crippen LogP contribution < -0.4 is 5.73 Å². The Morgan fingerprint density at radius 2 is 1.95 bits per heavy atom. The molecule has 1 saturated heterocycles. The molecule has 1 amide bonds. The summed E-state index contributed by atoms with van der Waals surface area (Å²) < 4.78 is 0. The van der Waals surface area contributed by atoms with Crippen molar-refractivity contribution < 1.29 is 10.0 Å². The van der Waals surface area contributed by atoms with Crippen LogP contribution in [0.1, 0.15) is 38.5 Å². The fourth-order valence-electron chi connectivity index (χ4n) is 3.73. The number of oxime groups is 1. The van der Waals surface area contributed by atoms with Gasteiger partial charge in [0, 0.05) is 13.6 Å². The number of carbonyl (C=O) groups excluding carboxylic acids is 1. The van der Waals surface area contributed by atoms with Gasteiger partial charge in [0.25, 0.3) is 0 Å². The maximum atomic E-state index is 12.8. The first-order valence-corrected chi connectivity index (χ1v) is 7.91. The van der Waals surface area contributed by atoms with Crippen molar-refractivity contribution in [3.8, 4) is 0 Å². The molecule has 2 aliphatic rings. The lowest BCUT2D eigenvalue weighted by Gasteiger charge is -2.35. The number of hydrogen-bond donors (Lipinski definition) is 2. The molecule has 1 aliphatic heterocycles. The first-order valence-electron chi connectivity index (χ1n) is 7.91. The van der Waals surface area contributed by atoms with Crippen molar-refractivity contribution >= 4 is 11.7 Å². The zero-order valence-corrected chi connectivity index (χ0v) is 13.2. The van der Waals surface area contributed by atoms with Gasteiger partial charge < -0.3 is 20.7 Å². The highest BCUT2D eigenvalue weighted by atomic mass is 16.4. The molecule has 2 fully saturated rings. The summed E-state index contributed by atoms with van der Waals surface area (Å²) >= 11 is 0. The maximum absolute atomic E-state index is 12.8. The van der Waals surface area contributed by atoms with Gasteiger partial charge in [-0.1, -0.05) is 18.0 Å². The summed E-state index contributed by atoms with van der Waals surface area (Å²) in [6.07, 6.45) is 5.57. The van der Waals surface area contributed by atoms with Crippen LogP contribution in [0.2, 0.25) is 0 Å². The highest BCUT2D eigenvalue weighted by Crippen LogP contribution is 2.40. The molecular weight excluding hydrogens is 268 g/mol. The monoisotopic (exact) mass is 296 g/mol. The molecule has 21 heavy (non-hydrogen) atoms. The van der Waals surface area contributed by atoms with E-state index in [1.54, 1.807) is 4.90 Å². The molecule has 0 spiro atoms. The van der Waals surface area contributed by atoms with Crippen LogP contribution in [0, 0.1) is 11.3 Å². The molecule has 0 aromatic rings. The zero-order valence-electron chi connectivity index (χ0n) is 13.2. The SMILES string of the molecule is CN1CCC(CN(C)C(=O)C2(C(N)=NO)CCCC2)CC1. The fourth-order valence-corrected chi connectivity index (χ4v) is 3.73. The molecule has 3 N–H and O–H groups in total. The molecule has 1 saturated carbocycles. The molecule has 2 rings (SSSR count). The van der Waals surface area contributed by atoms with E-state index in [0.29, 0.717) is 18.8 Å². The normalized spacial score (nSPS) is 24.2. The molecule has 6 heteroatoms. The lowest BCUT2D eigenvalue weighted by molar-refractivity contribution is -0.137. The number of amides is 1. The first kappa shape index (κ1) is 16.1. The molecule has 0 bridgehead atoms. The van der Waals surface area contributed by atoms with E-state index in [1.165, 1.54) is 0 Å². The molecule has 1 aliphatic carbocycles. The topological polar surface area (TPSA) is 82.2 Å². The van der Waals surface area contributed by atoms with Gasteiger partial charge in [-0.3, -0.25) is 4.79 Å². The number of hydrogen-bond acceptors (Lipinski definition) is 4. The highest BCUT2D eigenvalue weighted by Gasteiger charge is 2.47. The minimum atomic E-state index is -0.769. The molecule has 0 atom stereocenters. The van der Waals surface area contributed by atoms with Crippen molar-refractivity contribution in [1.82, 2.24) is 9.80 Å². The standard InChI is InChI=1S/C15H28N4O2/c1-18-9-5-12(6-10-18)11-19(2)14(20)15(13(16)17-21)7-3-4-8-15/h12,21H,3-11H2,1-2H3,(H2,16,17). The Morgan fingerprint density at radius 1 is 1.38 bits per heavy atom. The summed E-state index contributed by atoms with van der Waals surface area (Å²) in [6.45, 7) is 2.96. The van der Waals surface area contributed by atoms with E-state index in [1.807, 2.05) is 7.05 Å². The van der Waals surface area contributed by atoms with E-state index in [0.717, 1.165) is 45.3 Å². The summed E-state index contributed by atoms with van der Waals surface area (Å²) in [5, 5.41) is 12.2. The number of nitrogens with zero attached hydrogens (tertiary/aromatic N) is 3. The molecule has 0 unspecified atom stereocenters. The minimum Gasteiger partial charge on any atom is -0.409 e. The maximum Gasteiger partial charge on any atom is 0.236 e. The van der Waals surface area contributed by atoms with Gasteiger partial charge in [-0.2, -0.15) is 0 Å². The Labute approximate surface area is 127 Å². The average Bonchev–Trinajstić information content (AvgIpc) is 2.98. The third-order valence-electron chi connectivity index (χ3n) is 5.18. The zero-order chi connectivity index (χ0) is 15.5. The van der Waals surface area contributed by atoms with Crippen LogP contribution >= 0.6 is 0 Å². The highest BCUT2D eigenvalue weighted by molar-refractivity contribution is 6.06. The van der Waals surface area contributed by atoms with Gasteiger partial charge >= 0.3 is 0 Å². The second kappa shape index (κ2) is 6.64. The van der Waals surface area contributed by atoms with E-state index in [2.05, 4.69) is 17.1 Å². The number of amidine groups is 1. The number of piperidine rings is 1. The Hall–Kier alpha value is -1.30. The van der Waals surface area contributed by atoms with Gasteiger partial charge in [0.05, 0.1) is 0 Å². The number of likely N-dealkylation sites (tertiary alicyclic amines) is 1. The van der Waals surface area contributed by atoms with Crippen molar-refractivity contribution in [2.75, 3.05) is 33.7 Å². The predicted molar refractivity (Wildman–Crippen MR) is 82.2 cm³/mol. The quantitative estimate of drug-likeness (QED) is 0.352. The third-order valence-corrected chi connectivity index (χ3v) is 5.18. The van der Waals surface area contributed by atoms with Crippen LogP contribution in [0.15, 0.2) is 5.16 Å². The van der Waals surface area contributed by atoms with Gasteiger partial charge in [-0.05, 0) is 51.7 Å². The van der Waals surface area contributed by atoms with Crippen LogP contribution in [0.25, 0.3) is 0 Å². The molecule has 1 heterocycles. The summed E-state index contributed by atoms with van der Waals surface area (Å²) in [6, 6.07) is 0. The molecule has 120 valence electrons. The van der Waals surface area contributed by atoms with Crippen LogP contribution in [0.4, 0.5) is 0 Å². The van der Waals surface area contributed by atoms with E-state index in [9.17, 15) is 4.79 Å². The second-order valence-corrected chi connectivity index (χ2v) is 6.71.